The van der Waals surface area contributed by atoms with Crippen LogP contribution in [0.2, 0.25) is 10.0 Å². The van der Waals surface area contributed by atoms with Gasteiger partial charge in [0.15, 0.2) is 6.23 Å². The molecule has 37 heavy (non-hydrogen) atoms. The Balaban J connectivity index is 0.00000432. The average molecular weight is 637 g/mol. The molecule has 1 aliphatic heterocycles. The van der Waals surface area contributed by atoms with Crippen LogP contribution in [0.15, 0.2) is 29.2 Å². The van der Waals surface area contributed by atoms with Crippen molar-refractivity contribution in [3.05, 3.63) is 44.8 Å². The smallest absolute Gasteiger partial charge is 0.280 e. The summed E-state index contributed by atoms with van der Waals surface area (Å²) in [4.78, 5) is 54.5. The monoisotopic (exact) mass is 636 g/mol. The maximum Gasteiger partial charge on any atom is 0.280 e. The zero-order valence-electron chi connectivity index (χ0n) is 19.2. The molecule has 0 amide bonds. The van der Waals surface area contributed by atoms with Gasteiger partial charge in [-0.2, -0.15) is 0 Å². The first-order valence-electron chi connectivity index (χ1n) is 8.74. The van der Waals surface area contributed by atoms with Gasteiger partial charge in [-0.3, -0.25) is 23.1 Å². The molecule has 214 valence electrons. The van der Waals surface area contributed by atoms with Gasteiger partial charge >= 0.3 is 0 Å². The predicted octanol–water partition coefficient (Wildman–Crippen LogP) is 0.503. The molecule has 0 spiro atoms. The Morgan fingerprint density at radius 2 is 1.54 bits per heavy atom. The summed E-state index contributed by atoms with van der Waals surface area (Å²) in [5, 5.41) is 21.2. The number of aliphatic hydroxyl groups is 2. The summed E-state index contributed by atoms with van der Waals surface area (Å²) in [6.07, 6.45) is -5.54. The molecule has 3 unspecified atom stereocenters. The van der Waals surface area contributed by atoms with E-state index in [1.54, 1.807) is 0 Å². The highest BCUT2D eigenvalue weighted by Gasteiger charge is 2.44. The fourth-order valence-electron chi connectivity index (χ4n) is 3.00. The molecule has 7 atom stereocenters. The van der Waals surface area contributed by atoms with Crippen LogP contribution in [0.3, 0.4) is 0 Å². The maximum atomic E-state index is 12.8. The SMILES string of the molecule is O=c1c2cc(Cl)c(Cl)cc2ccn1[C@@H]1O[C@H](COP(=O)([O-])OP(=O)([O-])OP(=O)([O-])O)[C@@H](O)[C@H]1O.[NH4+].[NH4+].[NH4+]. The van der Waals surface area contributed by atoms with Crippen LogP contribution in [-0.4, -0.2) is 44.6 Å². The highest BCUT2D eigenvalue weighted by molar-refractivity contribution is 7.65. The van der Waals surface area contributed by atoms with E-state index in [2.05, 4.69) is 13.1 Å². The summed E-state index contributed by atoms with van der Waals surface area (Å²) in [7, 11) is -17.9. The van der Waals surface area contributed by atoms with Crippen LogP contribution in [0.5, 0.6) is 0 Å². The lowest BCUT2D eigenvalue weighted by Crippen LogP contribution is -2.35. The van der Waals surface area contributed by atoms with E-state index >= 15 is 0 Å². The van der Waals surface area contributed by atoms with Gasteiger partial charge in [-0.1, -0.05) is 23.2 Å². The molecule has 2 aromatic rings. The van der Waals surface area contributed by atoms with Gasteiger partial charge in [-0.15, -0.1) is 0 Å². The minimum atomic E-state index is -6.12. The minimum absolute atomic E-state index is 0. The molecule has 18 nitrogen and oxygen atoms in total. The number of fused-ring (bicyclic) bond motifs is 1. The van der Waals surface area contributed by atoms with Crippen LogP contribution in [0.1, 0.15) is 6.23 Å². The lowest BCUT2D eigenvalue weighted by atomic mass is 10.1. The number of halogens is 2. The number of hydrogen-bond donors (Lipinski definition) is 6. The van der Waals surface area contributed by atoms with Crippen molar-refractivity contribution in [2.45, 2.75) is 24.5 Å². The second kappa shape index (κ2) is 13.0. The first-order chi connectivity index (χ1) is 15.5. The maximum absolute atomic E-state index is 12.8. The van der Waals surface area contributed by atoms with E-state index in [1.807, 2.05) is 0 Å². The lowest BCUT2D eigenvalue weighted by molar-refractivity contribution is -0.250. The van der Waals surface area contributed by atoms with Crippen molar-refractivity contribution in [2.24, 2.45) is 0 Å². The summed E-state index contributed by atoms with van der Waals surface area (Å²) in [5.41, 5.74) is -0.706. The van der Waals surface area contributed by atoms with Crippen molar-refractivity contribution in [3.8, 4) is 0 Å². The largest absolute Gasteiger partial charge is 0.756 e. The molecule has 0 saturated carbocycles. The van der Waals surface area contributed by atoms with E-state index < -0.39 is 60.2 Å². The number of pyridine rings is 1. The van der Waals surface area contributed by atoms with Crippen LogP contribution >= 0.6 is 46.7 Å². The molecule has 23 heteroatoms. The zero-order valence-corrected chi connectivity index (χ0v) is 23.4. The summed E-state index contributed by atoms with van der Waals surface area (Å²) in [6.45, 7) is -1.13. The molecule has 0 aliphatic carbocycles. The van der Waals surface area contributed by atoms with E-state index in [0.717, 1.165) is 4.57 Å². The topological polar surface area (TPSA) is 350 Å². The molecule has 1 fully saturated rings. The molecule has 15 N–H and O–H groups in total. The molecule has 1 aliphatic rings. The Bertz CT molecular complexity index is 1310. The van der Waals surface area contributed by atoms with E-state index in [9.17, 15) is 43.4 Å². The number of aliphatic hydroxyl groups excluding tert-OH is 2. The Morgan fingerprint density at radius 3 is 2.11 bits per heavy atom. The summed E-state index contributed by atoms with van der Waals surface area (Å²) in [6, 6.07) is 4.14. The van der Waals surface area contributed by atoms with Crippen molar-refractivity contribution in [1.29, 1.82) is 0 Å². The van der Waals surface area contributed by atoms with Gasteiger partial charge in [-0.25, -0.2) is 8.62 Å². The number of rotatable bonds is 8. The van der Waals surface area contributed by atoms with Crippen LogP contribution in [0, 0.1) is 0 Å². The van der Waals surface area contributed by atoms with Gasteiger partial charge < -0.3 is 57.5 Å². The average Bonchev–Trinajstić information content (AvgIpc) is 2.94. The van der Waals surface area contributed by atoms with Gasteiger partial charge in [0.1, 0.15) is 18.3 Å². The van der Waals surface area contributed by atoms with E-state index in [4.69, 9.17) is 32.8 Å². The predicted molar refractivity (Wildman–Crippen MR) is 125 cm³/mol. The van der Waals surface area contributed by atoms with Gasteiger partial charge in [0.2, 0.25) is 0 Å². The summed E-state index contributed by atoms with van der Waals surface area (Å²) in [5.74, 6) is 0. The third-order valence-corrected chi connectivity index (χ3v) is 8.80. The zero-order chi connectivity index (χ0) is 25.6. The highest BCUT2D eigenvalue weighted by Crippen LogP contribution is 2.61. The first kappa shape index (κ1) is 36.2. The molecule has 1 aromatic heterocycles. The Morgan fingerprint density at radius 1 is 0.973 bits per heavy atom. The molecule has 2 heterocycles. The molecule has 0 bridgehead atoms. The Kier molecular flexibility index (Phi) is 12.7. The van der Waals surface area contributed by atoms with Crippen molar-refractivity contribution < 1.29 is 61.4 Å². The van der Waals surface area contributed by atoms with E-state index in [0.29, 0.717) is 5.39 Å². The van der Waals surface area contributed by atoms with Crippen LogP contribution < -0.4 is 38.7 Å². The number of phosphoric acid groups is 3. The fraction of sp³-hybridized carbons (Fsp3) is 0.357. The van der Waals surface area contributed by atoms with Crippen molar-refractivity contribution in [3.63, 3.8) is 0 Å². The number of benzene rings is 1. The number of nitrogens with zero attached hydrogens (tertiary/aromatic N) is 1. The number of quaternary nitrogens is 3. The quantitative estimate of drug-likeness (QED) is 0.215. The molecule has 1 saturated heterocycles. The van der Waals surface area contributed by atoms with Crippen LogP contribution in [0.4, 0.5) is 0 Å². The number of phosphoric ester groups is 1. The van der Waals surface area contributed by atoms with Crippen molar-refractivity contribution in [1.82, 2.24) is 23.0 Å². The minimum Gasteiger partial charge on any atom is -0.756 e. The molecule has 0 radical (unpaired) electrons. The van der Waals surface area contributed by atoms with Crippen molar-refractivity contribution >= 4 is 57.4 Å². The molecule has 1 aromatic carbocycles. The molecule has 3 rings (SSSR count). The highest BCUT2D eigenvalue weighted by atomic mass is 35.5. The molecular formula is C14H25Cl2N4O14P3. The normalized spacial score (nSPS) is 26.1. The summed E-state index contributed by atoms with van der Waals surface area (Å²) >= 11 is 11.8. The van der Waals surface area contributed by atoms with Crippen LogP contribution in [0.25, 0.3) is 10.8 Å². The Hall–Kier alpha value is -0.820. The van der Waals surface area contributed by atoms with E-state index in [1.165, 1.54) is 24.4 Å². The van der Waals surface area contributed by atoms with Crippen molar-refractivity contribution in [2.75, 3.05) is 6.61 Å². The van der Waals surface area contributed by atoms with E-state index in [-0.39, 0.29) is 33.9 Å². The first-order valence-corrected chi connectivity index (χ1v) is 13.9. The third kappa shape index (κ3) is 8.84. The number of hydrogen-bond acceptors (Lipinski definition) is 13. The lowest BCUT2D eigenvalue weighted by Gasteiger charge is -2.33. The third-order valence-electron chi connectivity index (χ3n) is 4.38. The second-order valence-corrected chi connectivity index (χ2v) is 11.9. The van der Waals surface area contributed by atoms with Crippen LogP contribution in [-0.2, 0) is 31.6 Å². The van der Waals surface area contributed by atoms with Gasteiger partial charge in [0.25, 0.3) is 29.0 Å². The van der Waals surface area contributed by atoms with Gasteiger partial charge in [0, 0.05) is 11.6 Å². The number of aromatic nitrogens is 1. The summed E-state index contributed by atoms with van der Waals surface area (Å²) < 4.78 is 50.4. The van der Waals surface area contributed by atoms with Gasteiger partial charge in [0.05, 0.1) is 16.7 Å². The van der Waals surface area contributed by atoms with Gasteiger partial charge in [-0.05, 0) is 23.6 Å². The Labute approximate surface area is 217 Å². The second-order valence-electron chi connectivity index (χ2n) is 6.75. The fourth-order valence-corrected chi connectivity index (χ4v) is 6.23. The number of ether oxygens (including phenoxy) is 1. The standard InChI is InChI=1S/C14H16Cl2NO14P3.3H3N/c15-8-3-6-1-2-17(13(20)7(6)4-9(8)16)14-12(19)11(18)10(29-14)5-28-33(24,25)31-34(26,27)30-32(21,22)23;;;/h1-4,10-12,14,18-19H,5H2,(H,24,25)(H,26,27)(H2,21,22,23);3*1H3/t10-,11-,12-,14-;;;/m1.../s1. The molecular weight excluding hydrogens is 612 g/mol.